The summed E-state index contributed by atoms with van der Waals surface area (Å²) in [4.78, 5) is 12.6. The third kappa shape index (κ3) is 4.13. The maximum Gasteiger partial charge on any atom is 0.434 e. The fourth-order valence-electron chi connectivity index (χ4n) is 3.28. The Hall–Kier alpha value is -3.08. The number of ether oxygens (including phenoxy) is 1. The van der Waals surface area contributed by atoms with E-state index in [9.17, 15) is 22.4 Å². The van der Waals surface area contributed by atoms with E-state index in [2.05, 4.69) is 10.3 Å². The summed E-state index contributed by atoms with van der Waals surface area (Å²) in [6.07, 6.45) is -4.18. The quantitative estimate of drug-likeness (QED) is 0.206. The van der Waals surface area contributed by atoms with Crippen molar-refractivity contribution in [1.29, 1.82) is 0 Å². The van der Waals surface area contributed by atoms with Crippen molar-refractivity contribution in [3.63, 3.8) is 0 Å². The number of nitrogens with zero attached hydrogens (tertiary/aromatic N) is 3. The molecule has 0 atom stereocenters. The highest BCUT2D eigenvalue weighted by molar-refractivity contribution is 6.35. The molecule has 0 saturated carbocycles. The van der Waals surface area contributed by atoms with E-state index in [0.717, 1.165) is 19.4 Å². The molecule has 0 unspecified atom stereocenters. The van der Waals surface area contributed by atoms with Gasteiger partial charge >= 0.3 is 12.1 Å². The number of halogens is 7. The van der Waals surface area contributed by atoms with Crippen LogP contribution in [0, 0.1) is 5.82 Å². The molecule has 0 fully saturated rings. The van der Waals surface area contributed by atoms with Crippen LogP contribution < -0.4 is 0 Å². The second-order valence-electron chi connectivity index (χ2n) is 6.74. The van der Waals surface area contributed by atoms with Crippen molar-refractivity contribution < 1.29 is 31.6 Å². The third-order valence-corrected chi connectivity index (χ3v) is 5.55. The Morgan fingerprint density at radius 3 is 2.47 bits per heavy atom. The van der Waals surface area contributed by atoms with Gasteiger partial charge in [0, 0.05) is 5.02 Å². The van der Waals surface area contributed by atoms with Crippen molar-refractivity contribution in [2.75, 3.05) is 7.11 Å². The standard InChI is InChI=1S/C21H10Cl3F4N3O3/c1-33-20(32)16-17(15-11(23)3-2-4-13(15)25)30-34-18(16)10-8-29-31(19(10)21(26,27)28)14-6-5-9(22)7-12(14)24/h2-8H,1H3. The summed E-state index contributed by atoms with van der Waals surface area (Å²) in [5.41, 5.74) is -3.48. The summed E-state index contributed by atoms with van der Waals surface area (Å²) < 4.78 is 67.5. The number of esters is 1. The van der Waals surface area contributed by atoms with Gasteiger partial charge in [0.1, 0.15) is 17.1 Å². The van der Waals surface area contributed by atoms with Gasteiger partial charge in [-0.05, 0) is 30.3 Å². The van der Waals surface area contributed by atoms with Gasteiger partial charge in [-0.2, -0.15) is 18.3 Å². The van der Waals surface area contributed by atoms with Crippen LogP contribution in [0.5, 0.6) is 0 Å². The number of hydrogen-bond acceptors (Lipinski definition) is 5. The van der Waals surface area contributed by atoms with Gasteiger partial charge in [0.15, 0.2) is 11.5 Å². The number of methoxy groups -OCH3 is 1. The normalized spacial score (nSPS) is 11.6. The van der Waals surface area contributed by atoms with E-state index in [-0.39, 0.29) is 26.3 Å². The number of alkyl halides is 3. The zero-order chi connectivity index (χ0) is 24.8. The number of hydrogen-bond donors (Lipinski definition) is 0. The van der Waals surface area contributed by atoms with Gasteiger partial charge in [-0.3, -0.25) is 0 Å². The molecule has 0 aliphatic heterocycles. The molecule has 2 aromatic heterocycles. The average molecular weight is 535 g/mol. The Labute approximate surface area is 203 Å². The van der Waals surface area contributed by atoms with Gasteiger partial charge in [-0.15, -0.1) is 0 Å². The van der Waals surface area contributed by atoms with Crippen LogP contribution in [0.2, 0.25) is 15.1 Å². The van der Waals surface area contributed by atoms with E-state index >= 15 is 0 Å². The fraction of sp³-hybridized carbons (Fsp3) is 0.0952. The summed E-state index contributed by atoms with van der Waals surface area (Å²) in [6, 6.07) is 7.48. The lowest BCUT2D eigenvalue weighted by Gasteiger charge is -2.13. The Morgan fingerprint density at radius 1 is 1.12 bits per heavy atom. The van der Waals surface area contributed by atoms with Gasteiger partial charge in [-0.25, -0.2) is 13.9 Å². The van der Waals surface area contributed by atoms with Crippen molar-refractivity contribution in [1.82, 2.24) is 14.9 Å². The molecule has 4 aromatic rings. The van der Waals surface area contributed by atoms with Crippen molar-refractivity contribution in [2.45, 2.75) is 6.18 Å². The molecular weight excluding hydrogens is 525 g/mol. The third-order valence-electron chi connectivity index (χ3n) is 4.70. The van der Waals surface area contributed by atoms with E-state index < -0.39 is 46.2 Å². The largest absolute Gasteiger partial charge is 0.465 e. The molecule has 2 aromatic carbocycles. The molecule has 6 nitrogen and oxygen atoms in total. The second kappa shape index (κ2) is 8.94. The minimum absolute atomic E-state index is 0.114. The van der Waals surface area contributed by atoms with Crippen molar-refractivity contribution in [3.05, 3.63) is 74.7 Å². The van der Waals surface area contributed by atoms with E-state index in [1.807, 2.05) is 0 Å². The van der Waals surface area contributed by atoms with Gasteiger partial charge in [0.25, 0.3) is 0 Å². The number of carbonyl (C=O) groups is 1. The molecule has 0 aliphatic carbocycles. The second-order valence-corrected chi connectivity index (χ2v) is 7.99. The molecule has 176 valence electrons. The Bertz CT molecular complexity index is 1400. The SMILES string of the molecule is COC(=O)c1c(-c2c(F)cccc2Cl)noc1-c1cnn(-c2ccc(Cl)cc2Cl)c1C(F)(F)F. The molecule has 0 saturated heterocycles. The van der Waals surface area contributed by atoms with E-state index in [1.54, 1.807) is 0 Å². The molecule has 0 radical (unpaired) electrons. The van der Waals surface area contributed by atoms with Crippen LogP contribution in [0.15, 0.2) is 47.1 Å². The zero-order valence-corrected chi connectivity index (χ0v) is 19.0. The predicted molar refractivity (Wildman–Crippen MR) is 116 cm³/mol. The molecule has 4 rings (SSSR count). The van der Waals surface area contributed by atoms with Crippen LogP contribution in [0.25, 0.3) is 28.3 Å². The highest BCUT2D eigenvalue weighted by Gasteiger charge is 2.42. The predicted octanol–water partition coefficient (Wildman–Crippen LogP) is 7.10. The number of aromatic nitrogens is 3. The average Bonchev–Trinajstić information content (AvgIpc) is 3.37. The molecule has 0 spiro atoms. The smallest absolute Gasteiger partial charge is 0.434 e. The molecule has 0 amide bonds. The van der Waals surface area contributed by atoms with Crippen LogP contribution in [-0.4, -0.2) is 28.0 Å². The first kappa shape index (κ1) is 24.1. The van der Waals surface area contributed by atoms with Crippen LogP contribution in [0.3, 0.4) is 0 Å². The maximum absolute atomic E-state index is 14.5. The minimum Gasteiger partial charge on any atom is -0.465 e. The lowest BCUT2D eigenvalue weighted by molar-refractivity contribution is -0.142. The first-order chi connectivity index (χ1) is 16.0. The number of rotatable bonds is 4. The molecule has 0 aliphatic rings. The first-order valence-electron chi connectivity index (χ1n) is 9.18. The van der Waals surface area contributed by atoms with Crippen molar-refractivity contribution in [2.24, 2.45) is 0 Å². The Morgan fingerprint density at radius 2 is 1.85 bits per heavy atom. The van der Waals surface area contributed by atoms with Crippen molar-refractivity contribution >= 4 is 40.8 Å². The highest BCUT2D eigenvalue weighted by atomic mass is 35.5. The highest BCUT2D eigenvalue weighted by Crippen LogP contribution is 2.43. The molecule has 13 heteroatoms. The summed E-state index contributed by atoms with van der Waals surface area (Å²) >= 11 is 18.0. The Kier molecular flexibility index (Phi) is 6.32. The van der Waals surface area contributed by atoms with Crippen LogP contribution in [0.4, 0.5) is 17.6 Å². The number of benzene rings is 2. The molecule has 2 heterocycles. The van der Waals surface area contributed by atoms with Crippen LogP contribution >= 0.6 is 34.8 Å². The van der Waals surface area contributed by atoms with E-state index in [0.29, 0.717) is 4.68 Å². The van der Waals surface area contributed by atoms with Gasteiger partial charge in [0.2, 0.25) is 0 Å². The lowest BCUT2D eigenvalue weighted by atomic mass is 10.0. The zero-order valence-electron chi connectivity index (χ0n) is 16.8. The molecule has 34 heavy (non-hydrogen) atoms. The maximum atomic E-state index is 14.5. The fourth-order valence-corrected chi connectivity index (χ4v) is 4.02. The van der Waals surface area contributed by atoms with Gasteiger partial charge < -0.3 is 9.26 Å². The topological polar surface area (TPSA) is 70.2 Å². The number of carbonyl (C=O) groups excluding carboxylic acids is 1. The summed E-state index contributed by atoms with van der Waals surface area (Å²) in [6.45, 7) is 0. The van der Waals surface area contributed by atoms with Crippen molar-refractivity contribution in [3.8, 4) is 28.3 Å². The van der Waals surface area contributed by atoms with Crippen LogP contribution in [-0.2, 0) is 10.9 Å². The Balaban J connectivity index is 2.02. The summed E-state index contributed by atoms with van der Waals surface area (Å²) in [5, 5.41) is 7.37. The minimum atomic E-state index is -5.00. The van der Waals surface area contributed by atoms with E-state index in [1.165, 1.54) is 30.3 Å². The molecule has 0 bridgehead atoms. The summed E-state index contributed by atoms with van der Waals surface area (Å²) in [5.74, 6) is -2.65. The van der Waals surface area contributed by atoms with Gasteiger partial charge in [0.05, 0.1) is 40.2 Å². The monoisotopic (exact) mass is 533 g/mol. The summed E-state index contributed by atoms with van der Waals surface area (Å²) in [7, 11) is 0.993. The van der Waals surface area contributed by atoms with E-state index in [4.69, 9.17) is 44.1 Å². The first-order valence-corrected chi connectivity index (χ1v) is 10.3. The van der Waals surface area contributed by atoms with Gasteiger partial charge in [-0.1, -0.05) is 46.0 Å². The molecule has 0 N–H and O–H groups in total. The lowest BCUT2D eigenvalue weighted by Crippen LogP contribution is -2.15. The van der Waals surface area contributed by atoms with Crippen LogP contribution in [0.1, 0.15) is 16.1 Å². The molecular formula is C21H10Cl3F4N3O3.